The Kier molecular flexibility index (Phi) is 5.06. The summed E-state index contributed by atoms with van der Waals surface area (Å²) in [5, 5.41) is 3.40. The van der Waals surface area contributed by atoms with Gasteiger partial charge in [-0.1, -0.05) is 55.1 Å². The van der Waals surface area contributed by atoms with Crippen LogP contribution >= 0.6 is 11.8 Å². The normalized spacial score (nSPS) is 12.4. The van der Waals surface area contributed by atoms with Crippen LogP contribution in [0.1, 0.15) is 30.5 Å². The summed E-state index contributed by atoms with van der Waals surface area (Å²) in [5.41, 5.74) is 2.72. The first kappa shape index (κ1) is 14.2. The van der Waals surface area contributed by atoms with E-state index < -0.39 is 0 Å². The molecule has 0 radical (unpaired) electrons. The fraction of sp³-hybridized carbons (Fsp3) is 0.294. The van der Waals surface area contributed by atoms with Crippen LogP contribution in [-0.2, 0) is 0 Å². The highest BCUT2D eigenvalue weighted by atomic mass is 32.2. The molecule has 2 heteroatoms. The predicted molar refractivity (Wildman–Crippen MR) is 83.8 cm³/mol. The van der Waals surface area contributed by atoms with Gasteiger partial charge in [0.1, 0.15) is 0 Å². The zero-order chi connectivity index (χ0) is 13.7. The van der Waals surface area contributed by atoms with Crippen molar-refractivity contribution in [1.29, 1.82) is 0 Å². The lowest BCUT2D eigenvalue weighted by atomic mass is 10.1. The van der Waals surface area contributed by atoms with Crippen LogP contribution < -0.4 is 5.32 Å². The Morgan fingerprint density at radius 2 is 1.63 bits per heavy atom. The lowest BCUT2D eigenvalue weighted by Gasteiger charge is -2.18. The highest BCUT2D eigenvalue weighted by Crippen LogP contribution is 2.35. The van der Waals surface area contributed by atoms with E-state index in [0.717, 1.165) is 6.42 Å². The van der Waals surface area contributed by atoms with Crippen LogP contribution in [0.4, 0.5) is 0 Å². The van der Waals surface area contributed by atoms with E-state index in [0.29, 0.717) is 6.04 Å². The Bertz CT molecular complexity index is 532. The lowest BCUT2D eigenvalue weighted by molar-refractivity contribution is 0.568. The Labute approximate surface area is 120 Å². The fourth-order valence-electron chi connectivity index (χ4n) is 2.23. The summed E-state index contributed by atoms with van der Waals surface area (Å²) < 4.78 is 0. The molecule has 0 bridgehead atoms. The van der Waals surface area contributed by atoms with Crippen LogP contribution in [0, 0.1) is 6.92 Å². The molecule has 0 heterocycles. The maximum absolute atomic E-state index is 3.40. The van der Waals surface area contributed by atoms with Gasteiger partial charge in [-0.3, -0.25) is 0 Å². The molecule has 1 unspecified atom stereocenters. The van der Waals surface area contributed by atoms with E-state index in [1.54, 1.807) is 0 Å². The molecule has 0 fully saturated rings. The second-order valence-electron chi connectivity index (χ2n) is 4.65. The minimum Gasteiger partial charge on any atom is -0.313 e. The Hall–Kier alpha value is -1.25. The first-order chi connectivity index (χ1) is 9.26. The molecule has 0 aromatic heterocycles. The summed E-state index contributed by atoms with van der Waals surface area (Å²) in [4.78, 5) is 2.68. The van der Waals surface area contributed by atoms with E-state index in [2.05, 4.69) is 67.7 Å². The number of hydrogen-bond donors (Lipinski definition) is 1. The van der Waals surface area contributed by atoms with Crippen molar-refractivity contribution in [2.45, 2.75) is 36.1 Å². The van der Waals surface area contributed by atoms with E-state index >= 15 is 0 Å². The van der Waals surface area contributed by atoms with Crippen molar-refractivity contribution in [2.75, 3.05) is 7.05 Å². The van der Waals surface area contributed by atoms with E-state index in [9.17, 15) is 0 Å². The van der Waals surface area contributed by atoms with Crippen molar-refractivity contribution in [3.05, 3.63) is 59.7 Å². The van der Waals surface area contributed by atoms with E-state index in [-0.39, 0.29) is 0 Å². The van der Waals surface area contributed by atoms with E-state index in [4.69, 9.17) is 0 Å². The Morgan fingerprint density at radius 1 is 1.00 bits per heavy atom. The van der Waals surface area contributed by atoms with Crippen LogP contribution in [0.25, 0.3) is 0 Å². The summed E-state index contributed by atoms with van der Waals surface area (Å²) >= 11 is 1.86. The van der Waals surface area contributed by atoms with Gasteiger partial charge in [0.2, 0.25) is 0 Å². The molecule has 0 saturated heterocycles. The van der Waals surface area contributed by atoms with E-state index in [1.807, 2.05) is 18.8 Å². The average Bonchev–Trinajstić information content (AvgIpc) is 2.44. The Morgan fingerprint density at radius 3 is 2.26 bits per heavy atom. The fourth-order valence-corrected chi connectivity index (χ4v) is 3.32. The standard InChI is InChI=1S/C17H21NS/c1-4-15(18-3)14-10-6-8-12-17(14)19-16-11-7-5-9-13(16)2/h5-12,15,18H,4H2,1-3H3. The molecule has 2 rings (SSSR count). The van der Waals surface area contributed by atoms with E-state index in [1.165, 1.54) is 20.9 Å². The SMILES string of the molecule is CCC(NC)c1ccccc1Sc1ccccc1C. The number of rotatable bonds is 5. The third-order valence-corrected chi connectivity index (χ3v) is 4.63. The van der Waals surface area contributed by atoms with Crippen molar-refractivity contribution in [3.8, 4) is 0 Å². The smallest absolute Gasteiger partial charge is 0.0326 e. The number of hydrogen-bond acceptors (Lipinski definition) is 2. The van der Waals surface area contributed by atoms with Gasteiger partial charge < -0.3 is 5.32 Å². The molecule has 1 N–H and O–H groups in total. The third kappa shape index (κ3) is 3.40. The summed E-state index contributed by atoms with van der Waals surface area (Å²) in [5.74, 6) is 0. The van der Waals surface area contributed by atoms with Crippen LogP contribution in [0.3, 0.4) is 0 Å². The highest BCUT2D eigenvalue weighted by Gasteiger charge is 2.12. The molecule has 2 aromatic carbocycles. The summed E-state index contributed by atoms with van der Waals surface area (Å²) in [6.45, 7) is 4.39. The number of benzene rings is 2. The quantitative estimate of drug-likeness (QED) is 0.837. The molecule has 1 nitrogen and oxygen atoms in total. The van der Waals surface area contributed by atoms with Gasteiger partial charge in [-0.2, -0.15) is 0 Å². The average molecular weight is 271 g/mol. The molecule has 0 saturated carbocycles. The van der Waals surface area contributed by atoms with Gasteiger partial charge >= 0.3 is 0 Å². The first-order valence-corrected chi connectivity index (χ1v) is 7.57. The lowest BCUT2D eigenvalue weighted by Crippen LogP contribution is -2.15. The maximum atomic E-state index is 3.40. The summed E-state index contributed by atoms with van der Waals surface area (Å²) in [6, 6.07) is 17.7. The first-order valence-electron chi connectivity index (χ1n) is 6.76. The third-order valence-electron chi connectivity index (χ3n) is 3.36. The summed E-state index contributed by atoms with van der Waals surface area (Å²) in [7, 11) is 2.03. The van der Waals surface area contributed by atoms with Crippen LogP contribution in [-0.4, -0.2) is 7.05 Å². The minimum absolute atomic E-state index is 0.424. The molecule has 2 aromatic rings. The molecular formula is C17H21NS. The maximum Gasteiger partial charge on any atom is 0.0326 e. The zero-order valence-electron chi connectivity index (χ0n) is 11.8. The minimum atomic E-state index is 0.424. The highest BCUT2D eigenvalue weighted by molar-refractivity contribution is 7.99. The largest absolute Gasteiger partial charge is 0.313 e. The molecule has 100 valence electrons. The molecule has 0 aliphatic heterocycles. The zero-order valence-corrected chi connectivity index (χ0v) is 12.6. The van der Waals surface area contributed by atoms with Crippen molar-refractivity contribution >= 4 is 11.8 Å². The molecule has 19 heavy (non-hydrogen) atoms. The van der Waals surface area contributed by atoms with Crippen LogP contribution in [0.5, 0.6) is 0 Å². The Balaban J connectivity index is 2.33. The molecular weight excluding hydrogens is 250 g/mol. The van der Waals surface area contributed by atoms with Crippen LogP contribution in [0.2, 0.25) is 0 Å². The second-order valence-corrected chi connectivity index (χ2v) is 5.74. The summed E-state index contributed by atoms with van der Waals surface area (Å²) in [6.07, 6.45) is 1.10. The second kappa shape index (κ2) is 6.78. The van der Waals surface area contributed by atoms with Crippen molar-refractivity contribution in [1.82, 2.24) is 5.32 Å². The van der Waals surface area contributed by atoms with Gasteiger partial charge in [0.15, 0.2) is 0 Å². The van der Waals surface area contributed by atoms with Crippen LogP contribution in [0.15, 0.2) is 58.3 Å². The molecule has 0 amide bonds. The number of aryl methyl sites for hydroxylation is 1. The van der Waals surface area contributed by atoms with Gasteiger partial charge in [-0.15, -0.1) is 0 Å². The topological polar surface area (TPSA) is 12.0 Å². The van der Waals surface area contributed by atoms with Gasteiger partial charge in [0, 0.05) is 15.8 Å². The van der Waals surface area contributed by atoms with Crippen molar-refractivity contribution in [2.24, 2.45) is 0 Å². The molecule has 1 atom stereocenters. The van der Waals surface area contributed by atoms with Gasteiger partial charge in [-0.25, -0.2) is 0 Å². The van der Waals surface area contributed by atoms with Gasteiger partial charge in [-0.05, 0) is 43.7 Å². The number of nitrogens with one attached hydrogen (secondary N) is 1. The van der Waals surface area contributed by atoms with Crippen molar-refractivity contribution in [3.63, 3.8) is 0 Å². The predicted octanol–water partition coefficient (Wildman–Crippen LogP) is 4.82. The monoisotopic (exact) mass is 271 g/mol. The molecule has 0 spiro atoms. The van der Waals surface area contributed by atoms with Gasteiger partial charge in [0.05, 0.1) is 0 Å². The van der Waals surface area contributed by atoms with Crippen molar-refractivity contribution < 1.29 is 0 Å². The molecule has 0 aliphatic carbocycles. The molecule has 0 aliphatic rings. The van der Waals surface area contributed by atoms with Gasteiger partial charge in [0.25, 0.3) is 0 Å².